The zero-order chi connectivity index (χ0) is 15.6. The summed E-state index contributed by atoms with van der Waals surface area (Å²) in [5.74, 6) is 1.47. The van der Waals surface area contributed by atoms with E-state index in [-0.39, 0.29) is 12.0 Å². The minimum Gasteiger partial charge on any atom is -0.395 e. The summed E-state index contributed by atoms with van der Waals surface area (Å²) in [5.41, 5.74) is 4.00. The second-order valence-electron chi connectivity index (χ2n) is 8.00. The van der Waals surface area contributed by atoms with Crippen molar-refractivity contribution in [2.24, 2.45) is 11.8 Å². The van der Waals surface area contributed by atoms with E-state index < -0.39 is 0 Å². The van der Waals surface area contributed by atoms with Gasteiger partial charge in [0, 0.05) is 41.1 Å². The summed E-state index contributed by atoms with van der Waals surface area (Å²) in [6.45, 7) is 5.00. The number of hydrogen-bond acceptors (Lipinski definition) is 2. The van der Waals surface area contributed by atoms with Crippen molar-refractivity contribution in [3.8, 4) is 0 Å². The number of hydrogen-bond donors (Lipinski definition) is 2. The number of fused-ring (bicyclic) bond motifs is 4. The highest BCUT2D eigenvalue weighted by Crippen LogP contribution is 2.54. The van der Waals surface area contributed by atoms with Gasteiger partial charge < -0.3 is 10.1 Å². The highest BCUT2D eigenvalue weighted by atomic mass is 16.3. The van der Waals surface area contributed by atoms with E-state index in [1.807, 2.05) is 0 Å². The van der Waals surface area contributed by atoms with Crippen LogP contribution in [0.2, 0.25) is 0 Å². The molecule has 122 valence electrons. The number of para-hydroxylation sites is 1. The van der Waals surface area contributed by atoms with Crippen LogP contribution in [0.4, 0.5) is 0 Å². The fraction of sp³-hybridized carbons (Fsp3) is 0.600. The van der Waals surface area contributed by atoms with Crippen molar-refractivity contribution < 1.29 is 5.11 Å². The molecule has 4 bridgehead atoms. The fourth-order valence-corrected chi connectivity index (χ4v) is 6.21. The van der Waals surface area contributed by atoms with E-state index in [0.717, 1.165) is 31.2 Å². The Balaban J connectivity index is 1.77. The summed E-state index contributed by atoms with van der Waals surface area (Å²) in [5, 5.41) is 11.9. The zero-order valence-electron chi connectivity index (χ0n) is 13.9. The monoisotopic (exact) mass is 310 g/mol. The summed E-state index contributed by atoms with van der Waals surface area (Å²) in [7, 11) is 0. The lowest BCUT2D eigenvalue weighted by molar-refractivity contribution is -0.0775. The number of aliphatic hydroxyl groups excluding tert-OH is 1. The molecule has 1 aromatic carbocycles. The van der Waals surface area contributed by atoms with Crippen molar-refractivity contribution in [1.82, 2.24) is 9.88 Å². The van der Waals surface area contributed by atoms with Gasteiger partial charge in [0.2, 0.25) is 0 Å². The molecule has 2 saturated heterocycles. The van der Waals surface area contributed by atoms with Gasteiger partial charge in [-0.2, -0.15) is 0 Å². The number of aliphatic hydroxyl groups is 1. The van der Waals surface area contributed by atoms with Crippen molar-refractivity contribution in [3.63, 3.8) is 0 Å². The van der Waals surface area contributed by atoms with E-state index in [9.17, 15) is 5.11 Å². The lowest BCUT2D eigenvalue weighted by atomic mass is 9.57. The first-order valence-corrected chi connectivity index (χ1v) is 9.22. The van der Waals surface area contributed by atoms with E-state index in [1.165, 1.54) is 41.5 Å². The Morgan fingerprint density at radius 2 is 2.22 bits per heavy atom. The van der Waals surface area contributed by atoms with Gasteiger partial charge in [-0.3, -0.25) is 4.90 Å². The van der Waals surface area contributed by atoms with Gasteiger partial charge >= 0.3 is 0 Å². The molecule has 6 rings (SSSR count). The molecule has 0 spiro atoms. The smallest absolute Gasteiger partial charge is 0.0557 e. The minimum atomic E-state index is -0.0767. The molecule has 5 atom stereocenters. The maximum absolute atomic E-state index is 10.6. The number of piperidine rings is 2. The minimum absolute atomic E-state index is 0.0767. The first kappa shape index (κ1) is 14.1. The van der Waals surface area contributed by atoms with Gasteiger partial charge in [0.1, 0.15) is 0 Å². The third kappa shape index (κ3) is 1.72. The highest BCUT2D eigenvalue weighted by Gasteiger charge is 2.57. The standard InChI is InChI=1S/C20H26N2O/c1-2-14-9-13-10-20(12-23)18-16(7-8-22(11-13)19(14)20)15-5-3-4-6-17(15)21-18/h3-6,13-14,19,21,23H,2,7-12H2,1H3/t13?,14?,19-,20?/m0/s1. The van der Waals surface area contributed by atoms with Crippen LogP contribution in [-0.4, -0.2) is 40.7 Å². The molecule has 0 amide bonds. The number of benzene rings is 1. The van der Waals surface area contributed by atoms with E-state index in [1.54, 1.807) is 0 Å². The summed E-state index contributed by atoms with van der Waals surface area (Å²) < 4.78 is 0. The number of H-pyrrole nitrogens is 1. The SMILES string of the molecule is CCC1CC2CN3CCc4c([nH]c5ccccc45)C(CO)(C2)[C@H]13. The summed E-state index contributed by atoms with van der Waals surface area (Å²) in [4.78, 5) is 6.46. The second kappa shape index (κ2) is 4.84. The van der Waals surface area contributed by atoms with Crippen molar-refractivity contribution in [2.75, 3.05) is 19.7 Å². The Morgan fingerprint density at radius 1 is 1.35 bits per heavy atom. The molecular weight excluding hydrogens is 284 g/mol. The Kier molecular flexibility index (Phi) is 2.96. The molecule has 1 saturated carbocycles. The van der Waals surface area contributed by atoms with Crippen LogP contribution in [0.5, 0.6) is 0 Å². The average molecular weight is 310 g/mol. The molecule has 23 heavy (non-hydrogen) atoms. The Morgan fingerprint density at radius 3 is 3.04 bits per heavy atom. The van der Waals surface area contributed by atoms with Crippen LogP contribution in [0.15, 0.2) is 24.3 Å². The van der Waals surface area contributed by atoms with Gasteiger partial charge in [0.25, 0.3) is 0 Å². The Hall–Kier alpha value is -1.32. The van der Waals surface area contributed by atoms with E-state index >= 15 is 0 Å². The molecule has 2 N–H and O–H groups in total. The van der Waals surface area contributed by atoms with E-state index in [0.29, 0.717) is 6.04 Å². The third-order valence-corrected chi connectivity index (χ3v) is 6.95. The molecule has 2 aromatic rings. The van der Waals surface area contributed by atoms with Crippen LogP contribution in [0.25, 0.3) is 10.9 Å². The molecule has 3 fully saturated rings. The molecule has 3 nitrogen and oxygen atoms in total. The number of rotatable bonds is 2. The summed E-state index contributed by atoms with van der Waals surface area (Å²) in [6.07, 6.45) is 4.85. The molecule has 4 unspecified atom stereocenters. The van der Waals surface area contributed by atoms with Gasteiger partial charge in [-0.15, -0.1) is 0 Å². The summed E-state index contributed by atoms with van der Waals surface area (Å²) >= 11 is 0. The third-order valence-electron chi connectivity index (χ3n) is 6.95. The van der Waals surface area contributed by atoms with Gasteiger partial charge in [-0.05, 0) is 42.7 Å². The van der Waals surface area contributed by atoms with Gasteiger partial charge in [-0.1, -0.05) is 31.5 Å². The maximum atomic E-state index is 10.6. The topological polar surface area (TPSA) is 39.3 Å². The van der Waals surface area contributed by atoms with Crippen LogP contribution >= 0.6 is 0 Å². The number of aromatic nitrogens is 1. The lowest BCUT2D eigenvalue weighted by Crippen LogP contribution is -2.65. The Labute approximate surface area is 137 Å². The average Bonchev–Trinajstić information content (AvgIpc) is 2.94. The quantitative estimate of drug-likeness (QED) is 0.895. The fourth-order valence-electron chi connectivity index (χ4n) is 6.21. The normalized spacial score (nSPS) is 38.5. The first-order chi connectivity index (χ1) is 11.3. The summed E-state index contributed by atoms with van der Waals surface area (Å²) in [6, 6.07) is 9.19. The molecular formula is C20H26N2O. The van der Waals surface area contributed by atoms with E-state index in [2.05, 4.69) is 41.1 Å². The van der Waals surface area contributed by atoms with Crippen LogP contribution in [0, 0.1) is 11.8 Å². The Bertz CT molecular complexity index is 751. The predicted octanol–water partition coefficient (Wildman–Crippen LogP) is 3.07. The molecule has 3 heteroatoms. The number of aromatic amines is 1. The molecule has 1 aromatic heterocycles. The number of nitrogens with one attached hydrogen (secondary N) is 1. The molecule has 4 heterocycles. The van der Waals surface area contributed by atoms with Crippen LogP contribution in [0.1, 0.15) is 37.4 Å². The maximum Gasteiger partial charge on any atom is 0.0557 e. The van der Waals surface area contributed by atoms with E-state index in [4.69, 9.17) is 0 Å². The second-order valence-corrected chi connectivity index (χ2v) is 8.00. The largest absolute Gasteiger partial charge is 0.395 e. The van der Waals surface area contributed by atoms with Crippen LogP contribution < -0.4 is 0 Å². The van der Waals surface area contributed by atoms with Crippen molar-refractivity contribution in [1.29, 1.82) is 0 Å². The van der Waals surface area contributed by atoms with Gasteiger partial charge in [0.15, 0.2) is 0 Å². The first-order valence-electron chi connectivity index (χ1n) is 9.22. The molecule has 3 aliphatic heterocycles. The van der Waals surface area contributed by atoms with Gasteiger partial charge in [-0.25, -0.2) is 0 Å². The van der Waals surface area contributed by atoms with Crippen LogP contribution in [-0.2, 0) is 11.8 Å². The van der Waals surface area contributed by atoms with Crippen molar-refractivity contribution in [2.45, 2.75) is 44.1 Å². The molecule has 4 aliphatic rings. The van der Waals surface area contributed by atoms with Gasteiger partial charge in [0.05, 0.1) is 6.61 Å². The molecule has 0 radical (unpaired) electrons. The molecule has 1 aliphatic carbocycles. The predicted molar refractivity (Wildman–Crippen MR) is 92.6 cm³/mol. The highest BCUT2D eigenvalue weighted by molar-refractivity contribution is 5.85. The van der Waals surface area contributed by atoms with Crippen molar-refractivity contribution in [3.05, 3.63) is 35.5 Å². The number of nitrogens with zero attached hydrogens (tertiary/aromatic N) is 1. The van der Waals surface area contributed by atoms with Crippen molar-refractivity contribution >= 4 is 10.9 Å². The van der Waals surface area contributed by atoms with Crippen LogP contribution in [0.3, 0.4) is 0 Å². The lowest BCUT2D eigenvalue weighted by Gasteiger charge is -2.59. The zero-order valence-corrected chi connectivity index (χ0v) is 13.9.